The molecule has 0 spiro atoms. The molecule has 0 saturated carbocycles. The molecule has 0 radical (unpaired) electrons. The molecule has 1 aliphatic rings. The molecule has 6 nitrogen and oxygen atoms in total. The Bertz CT molecular complexity index is 292. The van der Waals surface area contributed by atoms with Gasteiger partial charge in [0.25, 0.3) is 5.79 Å². The third-order valence-electron chi connectivity index (χ3n) is 2.15. The molecule has 0 N–H and O–H groups in total. The van der Waals surface area contributed by atoms with E-state index < -0.39 is 30.1 Å². The maximum atomic E-state index is 11.3. The lowest BCUT2D eigenvalue weighted by molar-refractivity contribution is -0.247. The van der Waals surface area contributed by atoms with E-state index in [-0.39, 0.29) is 19.4 Å². The van der Waals surface area contributed by atoms with Crippen molar-refractivity contribution >= 4 is 17.9 Å². The van der Waals surface area contributed by atoms with Crippen LogP contribution in [0.2, 0.25) is 0 Å². The number of cyclic esters (lactones) is 2. The standard InChI is InChI=1S/C10H14O6/c1-3-10(6-9(13)14-4-2)15-7(11)5-8(12)16-10/h3-6H2,1-2H3. The van der Waals surface area contributed by atoms with Gasteiger partial charge in [0.15, 0.2) is 0 Å². The van der Waals surface area contributed by atoms with E-state index in [4.69, 9.17) is 14.2 Å². The molecular formula is C10H14O6. The topological polar surface area (TPSA) is 78.9 Å². The third-order valence-corrected chi connectivity index (χ3v) is 2.15. The van der Waals surface area contributed by atoms with Crippen LogP contribution in [-0.2, 0) is 28.6 Å². The van der Waals surface area contributed by atoms with Crippen LogP contribution in [0, 0.1) is 0 Å². The Morgan fingerprint density at radius 3 is 2.31 bits per heavy atom. The molecule has 0 unspecified atom stereocenters. The van der Waals surface area contributed by atoms with Crippen LogP contribution < -0.4 is 0 Å². The predicted molar refractivity (Wildman–Crippen MR) is 51.1 cm³/mol. The number of carbonyl (C=O) groups is 3. The fourth-order valence-electron chi connectivity index (χ4n) is 1.40. The van der Waals surface area contributed by atoms with Crippen LogP contribution in [0.15, 0.2) is 0 Å². The van der Waals surface area contributed by atoms with Crippen molar-refractivity contribution < 1.29 is 28.6 Å². The zero-order valence-corrected chi connectivity index (χ0v) is 9.28. The van der Waals surface area contributed by atoms with E-state index in [1.165, 1.54) is 0 Å². The summed E-state index contributed by atoms with van der Waals surface area (Å²) in [4.78, 5) is 33.5. The van der Waals surface area contributed by atoms with Gasteiger partial charge < -0.3 is 14.2 Å². The minimum atomic E-state index is -1.49. The average molecular weight is 230 g/mol. The molecule has 0 aliphatic carbocycles. The van der Waals surface area contributed by atoms with Gasteiger partial charge in [-0.05, 0) is 6.92 Å². The van der Waals surface area contributed by atoms with Gasteiger partial charge in [-0.3, -0.25) is 14.4 Å². The van der Waals surface area contributed by atoms with E-state index in [0.29, 0.717) is 0 Å². The lowest BCUT2D eigenvalue weighted by atomic mass is 10.1. The summed E-state index contributed by atoms with van der Waals surface area (Å²) in [5, 5.41) is 0. The fraction of sp³-hybridized carbons (Fsp3) is 0.700. The van der Waals surface area contributed by atoms with Gasteiger partial charge in [0.2, 0.25) is 0 Å². The Hall–Kier alpha value is -1.59. The number of esters is 3. The van der Waals surface area contributed by atoms with Crippen molar-refractivity contribution in [1.82, 2.24) is 0 Å². The summed E-state index contributed by atoms with van der Waals surface area (Å²) >= 11 is 0. The highest BCUT2D eigenvalue weighted by Gasteiger charge is 2.44. The smallest absolute Gasteiger partial charge is 0.320 e. The highest BCUT2D eigenvalue weighted by atomic mass is 16.7. The molecule has 1 heterocycles. The second-order valence-corrected chi connectivity index (χ2v) is 3.37. The van der Waals surface area contributed by atoms with E-state index in [1.54, 1.807) is 13.8 Å². The Labute approximate surface area is 92.8 Å². The van der Waals surface area contributed by atoms with Gasteiger partial charge in [0.1, 0.15) is 12.8 Å². The normalized spacial score (nSPS) is 18.6. The van der Waals surface area contributed by atoms with Gasteiger partial charge in [0.05, 0.1) is 6.61 Å². The summed E-state index contributed by atoms with van der Waals surface area (Å²) in [6.45, 7) is 3.54. The van der Waals surface area contributed by atoms with E-state index in [2.05, 4.69) is 0 Å². The van der Waals surface area contributed by atoms with Gasteiger partial charge >= 0.3 is 17.9 Å². The summed E-state index contributed by atoms with van der Waals surface area (Å²) in [6, 6.07) is 0. The lowest BCUT2D eigenvalue weighted by Crippen LogP contribution is -2.46. The molecule has 0 aromatic rings. The summed E-state index contributed by atoms with van der Waals surface area (Å²) in [6.07, 6.45) is -0.470. The minimum Gasteiger partial charge on any atom is -0.466 e. The molecule has 1 aliphatic heterocycles. The molecule has 1 rings (SSSR count). The van der Waals surface area contributed by atoms with Crippen LogP contribution in [0.4, 0.5) is 0 Å². The Kier molecular flexibility index (Phi) is 3.87. The third kappa shape index (κ3) is 2.95. The predicted octanol–water partition coefficient (Wildman–Crippen LogP) is 0.536. The van der Waals surface area contributed by atoms with Crippen molar-refractivity contribution in [3.63, 3.8) is 0 Å². The first-order valence-electron chi connectivity index (χ1n) is 5.10. The van der Waals surface area contributed by atoms with Crippen molar-refractivity contribution in [3.05, 3.63) is 0 Å². The summed E-state index contributed by atoms with van der Waals surface area (Å²) in [5.74, 6) is -3.41. The minimum absolute atomic E-state index is 0.212. The quantitative estimate of drug-likeness (QED) is 0.518. The maximum Gasteiger partial charge on any atom is 0.320 e. The summed E-state index contributed by atoms with van der Waals surface area (Å²) < 4.78 is 14.6. The second kappa shape index (κ2) is 4.96. The van der Waals surface area contributed by atoms with Gasteiger partial charge in [-0.15, -0.1) is 0 Å². The average Bonchev–Trinajstić information content (AvgIpc) is 2.16. The maximum absolute atomic E-state index is 11.3. The molecule has 90 valence electrons. The Balaban J connectivity index is 2.72. The molecule has 1 fully saturated rings. The number of hydrogen-bond donors (Lipinski definition) is 0. The molecule has 0 aromatic carbocycles. The number of hydrogen-bond acceptors (Lipinski definition) is 6. The van der Waals surface area contributed by atoms with Crippen molar-refractivity contribution in [3.8, 4) is 0 Å². The molecule has 0 amide bonds. The number of rotatable bonds is 4. The number of carbonyl (C=O) groups excluding carboxylic acids is 3. The van der Waals surface area contributed by atoms with Gasteiger partial charge in [-0.25, -0.2) is 0 Å². The first-order chi connectivity index (χ1) is 7.51. The van der Waals surface area contributed by atoms with Crippen molar-refractivity contribution in [1.29, 1.82) is 0 Å². The van der Waals surface area contributed by atoms with Gasteiger partial charge in [-0.2, -0.15) is 0 Å². The van der Waals surface area contributed by atoms with Crippen LogP contribution in [-0.4, -0.2) is 30.3 Å². The highest BCUT2D eigenvalue weighted by molar-refractivity contribution is 5.93. The van der Waals surface area contributed by atoms with Crippen molar-refractivity contribution in [2.45, 2.75) is 38.9 Å². The molecule has 1 saturated heterocycles. The monoisotopic (exact) mass is 230 g/mol. The fourth-order valence-corrected chi connectivity index (χ4v) is 1.40. The van der Waals surface area contributed by atoms with Crippen molar-refractivity contribution in [2.75, 3.05) is 6.61 Å². The van der Waals surface area contributed by atoms with E-state index in [9.17, 15) is 14.4 Å². The Morgan fingerprint density at radius 2 is 1.88 bits per heavy atom. The number of ether oxygens (including phenoxy) is 3. The molecule has 6 heteroatoms. The molecule has 0 bridgehead atoms. The van der Waals surface area contributed by atoms with Crippen LogP contribution in [0.3, 0.4) is 0 Å². The zero-order valence-electron chi connectivity index (χ0n) is 9.28. The highest BCUT2D eigenvalue weighted by Crippen LogP contribution is 2.28. The Morgan fingerprint density at radius 1 is 1.31 bits per heavy atom. The van der Waals surface area contributed by atoms with Crippen LogP contribution >= 0.6 is 0 Å². The molecule has 0 aromatic heterocycles. The van der Waals surface area contributed by atoms with Crippen molar-refractivity contribution in [2.24, 2.45) is 0 Å². The van der Waals surface area contributed by atoms with E-state index >= 15 is 0 Å². The van der Waals surface area contributed by atoms with E-state index in [0.717, 1.165) is 0 Å². The van der Waals surface area contributed by atoms with Gasteiger partial charge in [-0.1, -0.05) is 6.92 Å². The lowest BCUT2D eigenvalue weighted by Gasteiger charge is -2.33. The zero-order chi connectivity index (χ0) is 12.2. The molecular weight excluding hydrogens is 216 g/mol. The first-order valence-corrected chi connectivity index (χ1v) is 5.10. The first kappa shape index (κ1) is 12.5. The van der Waals surface area contributed by atoms with E-state index in [1.807, 2.05) is 0 Å². The summed E-state index contributed by atoms with van der Waals surface area (Å²) in [7, 11) is 0. The molecule has 0 atom stereocenters. The van der Waals surface area contributed by atoms with Crippen LogP contribution in [0.1, 0.15) is 33.1 Å². The SMILES string of the molecule is CCOC(=O)CC1(CC)OC(=O)CC(=O)O1. The van der Waals surface area contributed by atoms with Crippen LogP contribution in [0.5, 0.6) is 0 Å². The van der Waals surface area contributed by atoms with Crippen LogP contribution in [0.25, 0.3) is 0 Å². The van der Waals surface area contributed by atoms with Gasteiger partial charge in [0, 0.05) is 6.42 Å². The second-order valence-electron chi connectivity index (χ2n) is 3.37. The molecule has 16 heavy (non-hydrogen) atoms. The largest absolute Gasteiger partial charge is 0.466 e. The summed E-state index contributed by atoms with van der Waals surface area (Å²) in [5.41, 5.74) is 0.